The van der Waals surface area contributed by atoms with Crippen LogP contribution in [-0.2, 0) is 17.8 Å². The zero-order valence-electron chi connectivity index (χ0n) is 17.1. The fraction of sp³-hybridized carbons (Fsp3) is 0.476. The Bertz CT molecular complexity index is 995. The van der Waals surface area contributed by atoms with Crippen LogP contribution in [0.5, 0.6) is 0 Å². The Morgan fingerprint density at radius 1 is 1.21 bits per heavy atom. The monoisotopic (exact) mass is 399 g/mol. The first-order chi connectivity index (χ1) is 14.0. The number of nitrogens with two attached hydrogens (primary N) is 1. The number of hydrogen-bond donors (Lipinski definition) is 2. The average molecular weight is 399 g/mol. The van der Waals surface area contributed by atoms with Crippen molar-refractivity contribution in [3.63, 3.8) is 0 Å². The molecule has 0 bridgehead atoms. The highest BCUT2D eigenvalue weighted by Gasteiger charge is 2.27. The van der Waals surface area contributed by atoms with Crippen molar-refractivity contribution in [2.45, 2.75) is 46.1 Å². The summed E-state index contributed by atoms with van der Waals surface area (Å²) in [6, 6.07) is 8.03. The van der Waals surface area contributed by atoms with Gasteiger partial charge in [0.25, 0.3) is 5.56 Å². The molecule has 0 aliphatic carbocycles. The molecule has 8 heteroatoms. The molecule has 3 rings (SSSR count). The average Bonchev–Trinajstić information content (AvgIpc) is 3.10. The standard InChI is InChI=1S/C21H29N5O3/c1-3-5-12-25(18-19(22)26(11-4-2)21(29)23-20(18)28)17(27)14-24-13-10-15-8-6-7-9-16(15)24/h6-9H,3-5,10-14,22H2,1-2H3,(H,23,28,29). The fourth-order valence-electron chi connectivity index (χ4n) is 3.78. The number of amides is 1. The number of anilines is 3. The van der Waals surface area contributed by atoms with E-state index in [0.29, 0.717) is 19.5 Å². The first-order valence-electron chi connectivity index (χ1n) is 10.2. The van der Waals surface area contributed by atoms with Crippen molar-refractivity contribution in [3.05, 3.63) is 50.7 Å². The van der Waals surface area contributed by atoms with Crippen LogP contribution in [0.4, 0.5) is 17.2 Å². The first kappa shape index (κ1) is 20.7. The van der Waals surface area contributed by atoms with Gasteiger partial charge >= 0.3 is 5.69 Å². The number of aromatic nitrogens is 2. The molecule has 0 radical (unpaired) electrons. The van der Waals surface area contributed by atoms with E-state index in [4.69, 9.17) is 5.73 Å². The highest BCUT2D eigenvalue weighted by molar-refractivity contribution is 5.98. The van der Waals surface area contributed by atoms with Crippen LogP contribution in [0.3, 0.4) is 0 Å². The summed E-state index contributed by atoms with van der Waals surface area (Å²) in [5, 5.41) is 0. The Labute approximate surface area is 169 Å². The van der Waals surface area contributed by atoms with E-state index in [2.05, 4.69) is 11.1 Å². The number of carbonyl (C=O) groups is 1. The third kappa shape index (κ3) is 4.21. The number of unbranched alkanes of at least 4 members (excludes halogenated alkanes) is 1. The van der Waals surface area contributed by atoms with E-state index in [9.17, 15) is 14.4 Å². The second-order valence-electron chi connectivity index (χ2n) is 7.34. The molecule has 0 saturated heterocycles. The molecule has 1 amide bonds. The number of rotatable bonds is 8. The number of nitrogen functional groups attached to an aromatic ring is 1. The first-order valence-corrected chi connectivity index (χ1v) is 10.2. The lowest BCUT2D eigenvalue weighted by atomic mass is 10.2. The fourth-order valence-corrected chi connectivity index (χ4v) is 3.78. The van der Waals surface area contributed by atoms with Crippen molar-refractivity contribution < 1.29 is 4.79 Å². The topological polar surface area (TPSA) is 104 Å². The van der Waals surface area contributed by atoms with Gasteiger partial charge in [0.1, 0.15) is 5.82 Å². The smallest absolute Gasteiger partial charge is 0.330 e. The van der Waals surface area contributed by atoms with Crippen molar-refractivity contribution in [2.75, 3.05) is 35.2 Å². The van der Waals surface area contributed by atoms with Crippen LogP contribution in [0.25, 0.3) is 0 Å². The minimum atomic E-state index is -0.619. The van der Waals surface area contributed by atoms with Crippen LogP contribution in [0, 0.1) is 0 Å². The van der Waals surface area contributed by atoms with Crippen LogP contribution >= 0.6 is 0 Å². The molecule has 0 saturated carbocycles. The lowest BCUT2D eigenvalue weighted by Gasteiger charge is -2.27. The summed E-state index contributed by atoms with van der Waals surface area (Å²) in [4.78, 5) is 43.8. The molecule has 0 atom stereocenters. The molecule has 1 aromatic carbocycles. The highest BCUT2D eigenvalue weighted by Crippen LogP contribution is 2.27. The highest BCUT2D eigenvalue weighted by atomic mass is 16.2. The number of aromatic amines is 1. The molecule has 3 N–H and O–H groups in total. The van der Waals surface area contributed by atoms with Crippen molar-refractivity contribution in [3.8, 4) is 0 Å². The number of carbonyl (C=O) groups excluding carboxylic acids is 1. The summed E-state index contributed by atoms with van der Waals surface area (Å²) in [5.41, 5.74) is 7.38. The maximum absolute atomic E-state index is 13.3. The third-order valence-electron chi connectivity index (χ3n) is 5.28. The normalized spacial score (nSPS) is 12.8. The predicted molar refractivity (Wildman–Crippen MR) is 116 cm³/mol. The summed E-state index contributed by atoms with van der Waals surface area (Å²) in [7, 11) is 0. The van der Waals surface area contributed by atoms with Gasteiger partial charge in [-0.25, -0.2) is 4.79 Å². The molecule has 2 heterocycles. The molecule has 0 fully saturated rings. The van der Waals surface area contributed by atoms with Gasteiger partial charge in [0.2, 0.25) is 5.91 Å². The summed E-state index contributed by atoms with van der Waals surface area (Å²) >= 11 is 0. The van der Waals surface area contributed by atoms with E-state index in [0.717, 1.165) is 31.5 Å². The van der Waals surface area contributed by atoms with Crippen molar-refractivity contribution in [1.29, 1.82) is 0 Å². The van der Waals surface area contributed by atoms with Crippen LogP contribution in [0.1, 0.15) is 38.7 Å². The van der Waals surface area contributed by atoms with E-state index in [1.807, 2.05) is 36.9 Å². The molecule has 0 spiro atoms. The molecule has 2 aromatic rings. The van der Waals surface area contributed by atoms with E-state index < -0.39 is 11.2 Å². The second kappa shape index (κ2) is 8.98. The molecule has 8 nitrogen and oxygen atoms in total. The number of hydrogen-bond acceptors (Lipinski definition) is 5. The lowest BCUT2D eigenvalue weighted by molar-refractivity contribution is -0.117. The minimum absolute atomic E-state index is 0.0480. The van der Waals surface area contributed by atoms with Crippen LogP contribution < -0.4 is 26.8 Å². The SMILES string of the molecule is CCCCN(C(=O)CN1CCc2ccccc21)c1c(N)n(CCC)c(=O)[nH]c1=O. The van der Waals surface area contributed by atoms with Gasteiger partial charge in [0.05, 0.1) is 6.54 Å². The second-order valence-corrected chi connectivity index (χ2v) is 7.34. The zero-order chi connectivity index (χ0) is 21.0. The molecule has 1 aliphatic rings. The predicted octanol–water partition coefficient (Wildman–Crippen LogP) is 1.72. The number of H-pyrrole nitrogens is 1. The summed E-state index contributed by atoms with van der Waals surface area (Å²) in [5.74, 6) is -0.152. The van der Waals surface area contributed by atoms with Crippen molar-refractivity contribution >= 4 is 23.1 Å². The number of fused-ring (bicyclic) bond motifs is 1. The van der Waals surface area contributed by atoms with Gasteiger partial charge in [-0.1, -0.05) is 38.5 Å². The molecule has 29 heavy (non-hydrogen) atoms. The Hall–Kier alpha value is -3.03. The van der Waals surface area contributed by atoms with Crippen molar-refractivity contribution in [2.24, 2.45) is 0 Å². The van der Waals surface area contributed by atoms with Gasteiger partial charge in [-0.2, -0.15) is 0 Å². The molecule has 0 unspecified atom stereocenters. The Morgan fingerprint density at radius 2 is 1.97 bits per heavy atom. The summed E-state index contributed by atoms with van der Waals surface area (Å²) < 4.78 is 1.33. The number of para-hydroxylation sites is 1. The Morgan fingerprint density at radius 3 is 2.69 bits per heavy atom. The van der Waals surface area contributed by atoms with E-state index in [1.165, 1.54) is 15.0 Å². The molecule has 156 valence electrons. The number of benzene rings is 1. The zero-order valence-corrected chi connectivity index (χ0v) is 17.1. The largest absolute Gasteiger partial charge is 0.383 e. The third-order valence-corrected chi connectivity index (χ3v) is 5.28. The molecular formula is C21H29N5O3. The van der Waals surface area contributed by atoms with Gasteiger partial charge < -0.3 is 15.5 Å². The Kier molecular flexibility index (Phi) is 6.41. The van der Waals surface area contributed by atoms with Crippen LogP contribution in [0.15, 0.2) is 33.9 Å². The molecule has 1 aliphatic heterocycles. The number of nitrogens with zero attached hydrogens (tertiary/aromatic N) is 3. The quantitative estimate of drug-likeness (QED) is 0.703. The van der Waals surface area contributed by atoms with Gasteiger partial charge in [-0.3, -0.25) is 19.1 Å². The Balaban J connectivity index is 1.95. The maximum atomic E-state index is 13.3. The van der Waals surface area contributed by atoms with Gasteiger partial charge in [-0.05, 0) is 30.9 Å². The van der Waals surface area contributed by atoms with Crippen LogP contribution in [0.2, 0.25) is 0 Å². The maximum Gasteiger partial charge on any atom is 0.330 e. The van der Waals surface area contributed by atoms with E-state index >= 15 is 0 Å². The van der Waals surface area contributed by atoms with Crippen LogP contribution in [-0.4, -0.2) is 35.1 Å². The molecular weight excluding hydrogens is 370 g/mol. The molecule has 1 aromatic heterocycles. The number of nitrogens with one attached hydrogen (secondary N) is 1. The summed E-state index contributed by atoms with van der Waals surface area (Å²) in [6.07, 6.45) is 3.17. The van der Waals surface area contributed by atoms with Gasteiger partial charge in [-0.15, -0.1) is 0 Å². The lowest BCUT2D eigenvalue weighted by Crippen LogP contribution is -2.45. The van der Waals surface area contributed by atoms with Crippen molar-refractivity contribution in [1.82, 2.24) is 9.55 Å². The summed E-state index contributed by atoms with van der Waals surface area (Å²) in [6.45, 7) is 5.61. The van der Waals surface area contributed by atoms with E-state index in [1.54, 1.807) is 0 Å². The van der Waals surface area contributed by atoms with E-state index in [-0.39, 0.29) is 24.0 Å². The minimum Gasteiger partial charge on any atom is -0.383 e. The van der Waals surface area contributed by atoms with Gasteiger partial charge in [0.15, 0.2) is 5.69 Å². The van der Waals surface area contributed by atoms with Gasteiger partial charge in [0, 0.05) is 25.3 Å².